The van der Waals surface area contributed by atoms with E-state index in [0.717, 1.165) is 50.3 Å². The van der Waals surface area contributed by atoms with Crippen LogP contribution in [0.15, 0.2) is 36.9 Å². The van der Waals surface area contributed by atoms with Crippen LogP contribution >= 0.6 is 0 Å². The number of carbonyl (C=O) groups excluding carboxylic acids is 1. The minimum absolute atomic E-state index is 0.129. The van der Waals surface area contributed by atoms with Crippen molar-refractivity contribution < 1.29 is 9.53 Å². The Morgan fingerprint density at radius 2 is 2.09 bits per heavy atom. The Bertz CT molecular complexity index is 658. The molecule has 1 amide bonds. The molecule has 6 heteroatoms. The van der Waals surface area contributed by atoms with Crippen LogP contribution < -0.4 is 0 Å². The van der Waals surface area contributed by atoms with Gasteiger partial charge in [0.1, 0.15) is 12.7 Å². The van der Waals surface area contributed by atoms with Gasteiger partial charge < -0.3 is 9.64 Å². The highest BCUT2D eigenvalue weighted by Crippen LogP contribution is 2.30. The van der Waals surface area contributed by atoms with E-state index in [1.54, 1.807) is 11.0 Å². The summed E-state index contributed by atoms with van der Waals surface area (Å²) in [6, 6.07) is 7.98. The first kappa shape index (κ1) is 14.4. The molecule has 6 nitrogen and oxygen atoms in total. The third-order valence-corrected chi connectivity index (χ3v) is 4.52. The van der Waals surface area contributed by atoms with E-state index < -0.39 is 0 Å². The van der Waals surface area contributed by atoms with Crippen LogP contribution in [0, 0.1) is 5.92 Å². The summed E-state index contributed by atoms with van der Waals surface area (Å²) in [4.78, 5) is 18.8. The predicted octanol–water partition coefficient (Wildman–Crippen LogP) is 1.91. The molecule has 4 rings (SSSR count). The second kappa shape index (κ2) is 6.12. The van der Waals surface area contributed by atoms with Crippen molar-refractivity contribution in [3.8, 4) is 5.69 Å². The Morgan fingerprint density at radius 1 is 1.26 bits per heavy atom. The minimum atomic E-state index is 0.129. The fourth-order valence-electron chi connectivity index (χ4n) is 3.05. The summed E-state index contributed by atoms with van der Waals surface area (Å²) in [6.07, 6.45) is 6.44. The molecule has 120 valence electrons. The molecule has 1 aromatic carbocycles. The molecule has 1 aliphatic carbocycles. The molecule has 2 aliphatic rings. The average molecular weight is 312 g/mol. The molecule has 0 N–H and O–H groups in total. The van der Waals surface area contributed by atoms with Gasteiger partial charge in [0.05, 0.1) is 12.3 Å². The maximum atomic E-state index is 12.9. The lowest BCUT2D eigenvalue weighted by molar-refractivity contribution is 0.0706. The van der Waals surface area contributed by atoms with E-state index in [-0.39, 0.29) is 5.91 Å². The highest BCUT2D eigenvalue weighted by Gasteiger charge is 2.35. The summed E-state index contributed by atoms with van der Waals surface area (Å²) >= 11 is 0. The largest absolute Gasteiger partial charge is 0.381 e. The number of ether oxygens (including phenoxy) is 1. The number of carbonyl (C=O) groups is 1. The van der Waals surface area contributed by atoms with E-state index >= 15 is 0 Å². The Kier molecular flexibility index (Phi) is 3.83. The van der Waals surface area contributed by atoms with Gasteiger partial charge in [0, 0.05) is 30.7 Å². The van der Waals surface area contributed by atoms with E-state index in [0.29, 0.717) is 12.0 Å². The standard InChI is InChI=1S/C17H20N4O2/c22-17(20(15-5-6-15)9-13-7-8-23-10-13)14-1-3-16(4-2-14)21-12-18-11-19-21/h1-4,11-13,15H,5-10H2. The normalized spacial score (nSPS) is 20.6. The maximum absolute atomic E-state index is 12.9. The van der Waals surface area contributed by atoms with Crippen molar-refractivity contribution in [2.24, 2.45) is 5.92 Å². The molecule has 0 radical (unpaired) electrons. The average Bonchev–Trinajstić information content (AvgIpc) is 3.06. The van der Waals surface area contributed by atoms with Crippen LogP contribution in [0.3, 0.4) is 0 Å². The molecular formula is C17H20N4O2. The molecule has 1 saturated heterocycles. The summed E-state index contributed by atoms with van der Waals surface area (Å²) in [6.45, 7) is 2.42. The first-order valence-corrected chi connectivity index (χ1v) is 8.15. The summed E-state index contributed by atoms with van der Waals surface area (Å²) in [5.41, 5.74) is 1.64. The van der Waals surface area contributed by atoms with Gasteiger partial charge in [-0.2, -0.15) is 5.10 Å². The molecule has 2 heterocycles. The van der Waals surface area contributed by atoms with Gasteiger partial charge in [0.15, 0.2) is 0 Å². The highest BCUT2D eigenvalue weighted by molar-refractivity contribution is 5.94. The van der Waals surface area contributed by atoms with E-state index in [2.05, 4.69) is 10.1 Å². The van der Waals surface area contributed by atoms with Crippen LogP contribution in [-0.4, -0.2) is 51.4 Å². The maximum Gasteiger partial charge on any atom is 0.254 e. The smallest absolute Gasteiger partial charge is 0.254 e. The third kappa shape index (κ3) is 3.12. The summed E-state index contributed by atoms with van der Waals surface area (Å²) in [5.74, 6) is 0.610. The van der Waals surface area contributed by atoms with Gasteiger partial charge in [-0.05, 0) is 43.5 Å². The number of hydrogen-bond acceptors (Lipinski definition) is 4. The summed E-state index contributed by atoms with van der Waals surface area (Å²) in [7, 11) is 0. The van der Waals surface area contributed by atoms with Gasteiger partial charge in [-0.25, -0.2) is 9.67 Å². The SMILES string of the molecule is O=C(c1ccc(-n2cncn2)cc1)N(CC1CCOC1)C1CC1. The highest BCUT2D eigenvalue weighted by atomic mass is 16.5. The first-order valence-electron chi connectivity index (χ1n) is 8.15. The molecular weight excluding hydrogens is 292 g/mol. The number of rotatable bonds is 5. The molecule has 0 bridgehead atoms. The molecule has 2 aromatic rings. The van der Waals surface area contributed by atoms with E-state index in [4.69, 9.17) is 4.74 Å². The van der Waals surface area contributed by atoms with Crippen molar-refractivity contribution in [3.05, 3.63) is 42.5 Å². The quantitative estimate of drug-likeness (QED) is 0.846. The van der Waals surface area contributed by atoms with Crippen LogP contribution in [0.4, 0.5) is 0 Å². The van der Waals surface area contributed by atoms with Crippen molar-refractivity contribution in [2.75, 3.05) is 19.8 Å². The zero-order chi connectivity index (χ0) is 15.6. The fraction of sp³-hybridized carbons (Fsp3) is 0.471. The lowest BCUT2D eigenvalue weighted by Gasteiger charge is -2.25. The van der Waals surface area contributed by atoms with Crippen LogP contribution in [0.2, 0.25) is 0 Å². The molecule has 2 fully saturated rings. The van der Waals surface area contributed by atoms with Crippen molar-refractivity contribution in [1.82, 2.24) is 19.7 Å². The van der Waals surface area contributed by atoms with Gasteiger partial charge >= 0.3 is 0 Å². The Hall–Kier alpha value is -2.21. The van der Waals surface area contributed by atoms with Gasteiger partial charge in [0.25, 0.3) is 5.91 Å². The molecule has 1 unspecified atom stereocenters. The second-order valence-electron chi connectivity index (χ2n) is 6.31. The molecule has 23 heavy (non-hydrogen) atoms. The van der Waals surface area contributed by atoms with Crippen LogP contribution in [0.1, 0.15) is 29.6 Å². The Labute approximate surface area is 135 Å². The lowest BCUT2D eigenvalue weighted by Crippen LogP contribution is -2.37. The topological polar surface area (TPSA) is 60.2 Å². The Morgan fingerprint density at radius 3 is 2.70 bits per heavy atom. The van der Waals surface area contributed by atoms with Gasteiger partial charge in [-0.3, -0.25) is 4.79 Å². The van der Waals surface area contributed by atoms with E-state index in [9.17, 15) is 4.79 Å². The van der Waals surface area contributed by atoms with Crippen molar-refractivity contribution in [2.45, 2.75) is 25.3 Å². The van der Waals surface area contributed by atoms with Gasteiger partial charge in [-0.15, -0.1) is 0 Å². The lowest BCUT2D eigenvalue weighted by atomic mass is 10.1. The van der Waals surface area contributed by atoms with Gasteiger partial charge in [-0.1, -0.05) is 0 Å². The van der Waals surface area contributed by atoms with Gasteiger partial charge in [0.2, 0.25) is 0 Å². The monoisotopic (exact) mass is 312 g/mol. The summed E-state index contributed by atoms with van der Waals surface area (Å²) in [5, 5.41) is 4.10. The molecule has 0 spiro atoms. The van der Waals surface area contributed by atoms with Crippen molar-refractivity contribution in [1.29, 1.82) is 0 Å². The Balaban J connectivity index is 1.49. The number of hydrogen-bond donors (Lipinski definition) is 0. The number of aromatic nitrogens is 3. The zero-order valence-corrected chi connectivity index (χ0v) is 13.0. The first-order chi connectivity index (χ1) is 11.3. The van der Waals surface area contributed by atoms with Crippen LogP contribution in [0.5, 0.6) is 0 Å². The fourth-order valence-corrected chi connectivity index (χ4v) is 3.05. The molecule has 1 aromatic heterocycles. The zero-order valence-electron chi connectivity index (χ0n) is 13.0. The second-order valence-corrected chi connectivity index (χ2v) is 6.31. The van der Waals surface area contributed by atoms with Crippen molar-refractivity contribution in [3.63, 3.8) is 0 Å². The molecule has 1 aliphatic heterocycles. The number of nitrogens with zero attached hydrogens (tertiary/aromatic N) is 4. The summed E-state index contributed by atoms with van der Waals surface area (Å²) < 4.78 is 7.13. The predicted molar refractivity (Wildman–Crippen MR) is 84.3 cm³/mol. The van der Waals surface area contributed by atoms with E-state index in [1.165, 1.54) is 6.33 Å². The van der Waals surface area contributed by atoms with E-state index in [1.807, 2.05) is 29.2 Å². The van der Waals surface area contributed by atoms with Crippen LogP contribution in [0.25, 0.3) is 5.69 Å². The number of benzene rings is 1. The minimum Gasteiger partial charge on any atom is -0.381 e. The van der Waals surface area contributed by atoms with Crippen molar-refractivity contribution >= 4 is 5.91 Å². The number of amides is 1. The molecule has 1 saturated carbocycles. The van der Waals surface area contributed by atoms with Crippen LogP contribution in [-0.2, 0) is 4.74 Å². The third-order valence-electron chi connectivity index (χ3n) is 4.52. The molecule has 1 atom stereocenters.